The molecule has 2 rings (SSSR count). The molecule has 0 aromatic carbocycles. The van der Waals surface area contributed by atoms with Gasteiger partial charge in [-0.1, -0.05) is 13.8 Å². The Morgan fingerprint density at radius 3 is 2.47 bits per heavy atom. The molecule has 0 aliphatic heterocycles. The Balaban J connectivity index is 0.000000686. The maximum atomic E-state index is 12.7. The summed E-state index contributed by atoms with van der Waals surface area (Å²) in [4.78, 5) is 7.57. The summed E-state index contributed by atoms with van der Waals surface area (Å²) in [5.74, 6) is 0.189. The lowest BCUT2D eigenvalue weighted by atomic mass is 10.3. The van der Waals surface area contributed by atoms with Gasteiger partial charge in [-0.2, -0.15) is 8.78 Å². The molecule has 0 fully saturated rings. The second-order valence-electron chi connectivity index (χ2n) is 3.00. The summed E-state index contributed by atoms with van der Waals surface area (Å²) in [6.45, 7) is 2.92. The van der Waals surface area contributed by atoms with Gasteiger partial charge in [0.05, 0.1) is 9.86 Å². The van der Waals surface area contributed by atoms with Crippen molar-refractivity contribution in [1.82, 2.24) is 14.5 Å². The molecular formula is C10H13BrF2N4. The van der Waals surface area contributed by atoms with E-state index in [2.05, 4.69) is 25.9 Å². The van der Waals surface area contributed by atoms with Crippen LogP contribution in [0.5, 0.6) is 0 Å². The number of hydrogen-bond donors (Lipinski definition) is 1. The molecule has 2 aromatic heterocycles. The molecular weight excluding hydrogens is 294 g/mol. The third-order valence-electron chi connectivity index (χ3n) is 2.18. The van der Waals surface area contributed by atoms with Gasteiger partial charge in [0, 0.05) is 5.69 Å². The van der Waals surface area contributed by atoms with Gasteiger partial charge in [0.15, 0.2) is 5.65 Å². The Bertz CT molecular complexity index is 524. The predicted molar refractivity (Wildman–Crippen MR) is 67.0 cm³/mol. The standard InChI is InChI=1S/C8H7BrF2N4.C2H6/c1-3-5(9)4-6(12)13-2-14-7(4)15(3)8(10)11;1-2/h2,8H,1H3,(H2,12,13,14);1-2H3. The van der Waals surface area contributed by atoms with Gasteiger partial charge in [0.1, 0.15) is 12.1 Å². The number of hydrogen-bond acceptors (Lipinski definition) is 3. The number of fused-ring (bicyclic) bond motifs is 1. The summed E-state index contributed by atoms with van der Waals surface area (Å²) >= 11 is 3.21. The van der Waals surface area contributed by atoms with E-state index in [1.165, 1.54) is 6.33 Å². The van der Waals surface area contributed by atoms with Crippen LogP contribution < -0.4 is 5.73 Å². The number of nitrogen functional groups attached to an aromatic ring is 1. The maximum Gasteiger partial charge on any atom is 0.320 e. The minimum Gasteiger partial charge on any atom is -0.383 e. The molecule has 0 amide bonds. The van der Waals surface area contributed by atoms with Crippen molar-refractivity contribution >= 4 is 32.8 Å². The van der Waals surface area contributed by atoms with E-state index in [1.807, 2.05) is 13.8 Å². The van der Waals surface area contributed by atoms with E-state index in [-0.39, 0.29) is 11.5 Å². The highest BCUT2D eigenvalue weighted by Gasteiger charge is 2.20. The molecule has 4 nitrogen and oxygen atoms in total. The molecule has 0 unspecified atom stereocenters. The summed E-state index contributed by atoms with van der Waals surface area (Å²) < 4.78 is 26.8. The van der Waals surface area contributed by atoms with Crippen LogP contribution in [0.1, 0.15) is 26.1 Å². The second-order valence-corrected chi connectivity index (χ2v) is 3.80. The first kappa shape index (κ1) is 13.8. The topological polar surface area (TPSA) is 56.7 Å². The van der Waals surface area contributed by atoms with E-state index in [0.29, 0.717) is 15.6 Å². The minimum atomic E-state index is -2.65. The first-order chi connectivity index (χ1) is 8.04. The fourth-order valence-electron chi connectivity index (χ4n) is 1.47. The highest BCUT2D eigenvalue weighted by molar-refractivity contribution is 9.10. The molecule has 0 atom stereocenters. The SMILES string of the molecule is CC.Cc1c(Br)c2c(N)ncnc2n1C(F)F. The van der Waals surface area contributed by atoms with E-state index in [0.717, 1.165) is 4.57 Å². The van der Waals surface area contributed by atoms with Crippen LogP contribution in [0.2, 0.25) is 0 Å². The van der Waals surface area contributed by atoms with Gasteiger partial charge in [-0.3, -0.25) is 4.57 Å². The molecule has 0 saturated heterocycles. The maximum absolute atomic E-state index is 12.7. The zero-order chi connectivity index (χ0) is 13.2. The number of nitrogens with zero attached hydrogens (tertiary/aromatic N) is 3. The monoisotopic (exact) mass is 306 g/mol. The van der Waals surface area contributed by atoms with Gasteiger partial charge >= 0.3 is 6.55 Å². The first-order valence-electron chi connectivity index (χ1n) is 5.08. The molecule has 7 heteroatoms. The van der Waals surface area contributed by atoms with E-state index in [4.69, 9.17) is 5.73 Å². The van der Waals surface area contributed by atoms with E-state index in [1.54, 1.807) is 6.92 Å². The average molecular weight is 307 g/mol. The quantitative estimate of drug-likeness (QED) is 0.877. The Kier molecular flexibility index (Phi) is 4.39. The van der Waals surface area contributed by atoms with E-state index >= 15 is 0 Å². The van der Waals surface area contributed by atoms with Crippen molar-refractivity contribution in [1.29, 1.82) is 0 Å². The van der Waals surface area contributed by atoms with Crippen molar-refractivity contribution in [3.05, 3.63) is 16.5 Å². The Hall–Kier alpha value is -1.24. The Morgan fingerprint density at radius 1 is 1.35 bits per heavy atom. The highest BCUT2D eigenvalue weighted by atomic mass is 79.9. The van der Waals surface area contributed by atoms with Crippen molar-refractivity contribution in [2.45, 2.75) is 27.3 Å². The highest BCUT2D eigenvalue weighted by Crippen LogP contribution is 2.34. The van der Waals surface area contributed by atoms with E-state index < -0.39 is 6.55 Å². The average Bonchev–Trinajstić information content (AvgIpc) is 2.55. The summed E-state index contributed by atoms with van der Waals surface area (Å²) in [6.07, 6.45) is 1.17. The Morgan fingerprint density at radius 2 is 1.94 bits per heavy atom. The van der Waals surface area contributed by atoms with Crippen molar-refractivity contribution in [2.24, 2.45) is 0 Å². The number of alkyl halides is 2. The number of rotatable bonds is 1. The van der Waals surface area contributed by atoms with Crippen LogP contribution in [-0.4, -0.2) is 14.5 Å². The van der Waals surface area contributed by atoms with Crippen LogP contribution in [0.25, 0.3) is 11.0 Å². The summed E-state index contributed by atoms with van der Waals surface area (Å²) in [7, 11) is 0. The fourth-order valence-corrected chi connectivity index (χ4v) is 2.04. The van der Waals surface area contributed by atoms with E-state index in [9.17, 15) is 8.78 Å². The van der Waals surface area contributed by atoms with Crippen LogP contribution in [0, 0.1) is 6.92 Å². The van der Waals surface area contributed by atoms with Gasteiger partial charge in [-0.15, -0.1) is 0 Å². The summed E-state index contributed by atoms with van der Waals surface area (Å²) in [5, 5.41) is 0.426. The predicted octanol–water partition coefficient (Wildman–Crippen LogP) is 3.51. The van der Waals surface area contributed by atoms with Gasteiger partial charge in [0.2, 0.25) is 0 Å². The number of anilines is 1. The van der Waals surface area contributed by atoms with Gasteiger partial charge in [-0.05, 0) is 22.9 Å². The third kappa shape index (κ3) is 2.24. The summed E-state index contributed by atoms with van der Waals surface area (Å²) in [5.41, 5.74) is 6.12. The first-order valence-corrected chi connectivity index (χ1v) is 5.88. The lowest BCUT2D eigenvalue weighted by molar-refractivity contribution is 0.0725. The molecule has 0 saturated carbocycles. The molecule has 0 radical (unpaired) electrons. The molecule has 17 heavy (non-hydrogen) atoms. The zero-order valence-electron chi connectivity index (χ0n) is 9.71. The van der Waals surface area contributed by atoms with Crippen molar-refractivity contribution < 1.29 is 8.78 Å². The lowest BCUT2D eigenvalue weighted by Gasteiger charge is -2.04. The van der Waals surface area contributed by atoms with Crippen LogP contribution in [0.15, 0.2) is 10.8 Å². The minimum absolute atomic E-state index is 0.141. The summed E-state index contributed by atoms with van der Waals surface area (Å²) in [6, 6.07) is 0. The normalized spacial score (nSPS) is 10.5. The molecule has 2 aromatic rings. The van der Waals surface area contributed by atoms with Crippen molar-refractivity contribution in [3.63, 3.8) is 0 Å². The number of halogens is 3. The fraction of sp³-hybridized carbons (Fsp3) is 0.400. The second kappa shape index (κ2) is 5.39. The van der Waals surface area contributed by atoms with Gasteiger partial charge < -0.3 is 5.73 Å². The number of nitrogens with two attached hydrogens (primary N) is 1. The van der Waals surface area contributed by atoms with Crippen molar-refractivity contribution in [2.75, 3.05) is 5.73 Å². The molecule has 0 bridgehead atoms. The van der Waals surface area contributed by atoms with Gasteiger partial charge in [-0.25, -0.2) is 9.97 Å². The molecule has 94 valence electrons. The smallest absolute Gasteiger partial charge is 0.320 e. The van der Waals surface area contributed by atoms with Crippen molar-refractivity contribution in [3.8, 4) is 0 Å². The largest absolute Gasteiger partial charge is 0.383 e. The molecule has 0 aliphatic carbocycles. The molecule has 2 N–H and O–H groups in total. The molecule has 0 aliphatic rings. The van der Waals surface area contributed by atoms with Crippen LogP contribution in [0.3, 0.4) is 0 Å². The lowest BCUT2D eigenvalue weighted by Crippen LogP contribution is -2.01. The van der Waals surface area contributed by atoms with Crippen LogP contribution in [-0.2, 0) is 0 Å². The number of aromatic nitrogens is 3. The van der Waals surface area contributed by atoms with Gasteiger partial charge in [0.25, 0.3) is 0 Å². The van der Waals surface area contributed by atoms with Crippen LogP contribution in [0.4, 0.5) is 14.6 Å². The zero-order valence-corrected chi connectivity index (χ0v) is 11.3. The molecule has 2 heterocycles. The Labute approximate surface area is 106 Å². The third-order valence-corrected chi connectivity index (χ3v) is 3.15. The van der Waals surface area contributed by atoms with Crippen LogP contribution >= 0.6 is 15.9 Å². The molecule has 0 spiro atoms.